The van der Waals surface area contributed by atoms with Crippen molar-refractivity contribution in [1.82, 2.24) is 15.5 Å². The summed E-state index contributed by atoms with van der Waals surface area (Å²) in [5.41, 5.74) is 2.55. The molecule has 0 saturated carbocycles. The summed E-state index contributed by atoms with van der Waals surface area (Å²) in [6.45, 7) is 1.91. The number of hydrogen-bond acceptors (Lipinski definition) is 6. The van der Waals surface area contributed by atoms with E-state index in [9.17, 15) is 9.59 Å². The van der Waals surface area contributed by atoms with Crippen molar-refractivity contribution in [2.45, 2.75) is 19.4 Å². The van der Waals surface area contributed by atoms with Crippen LogP contribution in [0.4, 0.5) is 0 Å². The summed E-state index contributed by atoms with van der Waals surface area (Å²) in [4.78, 5) is 25.3. The standard InChI is InChI=1S/C22H18ClN3O3S/c1-13(27)19-5-6-20(30-19)14-9-15-10-17(29-22(15)18(23)11-14)12-24-21(28)7-4-16-3-2-8-25-26-16/h2-9,11,17H,10,12H2,1H3,(H,24,28). The highest BCUT2D eigenvalue weighted by Crippen LogP contribution is 2.41. The van der Waals surface area contributed by atoms with E-state index in [1.807, 2.05) is 24.3 Å². The molecule has 1 unspecified atom stereocenters. The van der Waals surface area contributed by atoms with E-state index in [4.69, 9.17) is 16.3 Å². The van der Waals surface area contributed by atoms with Crippen molar-refractivity contribution in [2.24, 2.45) is 0 Å². The van der Waals surface area contributed by atoms with E-state index in [-0.39, 0.29) is 17.8 Å². The molecule has 2 aromatic heterocycles. The molecule has 6 nitrogen and oxygen atoms in total. The van der Waals surface area contributed by atoms with Crippen molar-refractivity contribution in [3.05, 3.63) is 69.8 Å². The number of amides is 1. The van der Waals surface area contributed by atoms with Crippen molar-refractivity contribution < 1.29 is 14.3 Å². The Labute approximate surface area is 182 Å². The number of Topliss-reactive ketones (excluding diaryl/α,β-unsaturated/α-hetero) is 1. The molecule has 3 aromatic rings. The lowest BCUT2D eigenvalue weighted by Gasteiger charge is -2.11. The van der Waals surface area contributed by atoms with Gasteiger partial charge in [-0.05, 0) is 55.0 Å². The second-order valence-electron chi connectivity index (χ2n) is 6.84. The summed E-state index contributed by atoms with van der Waals surface area (Å²) in [5.74, 6) is 0.464. The molecule has 1 aliphatic rings. The molecular weight excluding hydrogens is 422 g/mol. The van der Waals surface area contributed by atoms with Crippen LogP contribution in [0.3, 0.4) is 0 Å². The number of rotatable bonds is 6. The first-order valence-corrected chi connectivity index (χ1v) is 10.5. The molecule has 3 heterocycles. The van der Waals surface area contributed by atoms with E-state index >= 15 is 0 Å². The van der Waals surface area contributed by atoms with Crippen molar-refractivity contribution >= 4 is 40.7 Å². The van der Waals surface area contributed by atoms with E-state index in [0.717, 1.165) is 16.0 Å². The molecule has 30 heavy (non-hydrogen) atoms. The molecule has 0 aliphatic carbocycles. The zero-order valence-corrected chi connectivity index (χ0v) is 17.7. The molecule has 8 heteroatoms. The molecule has 0 bridgehead atoms. The Morgan fingerprint density at radius 1 is 1.33 bits per heavy atom. The number of thiophene rings is 1. The SMILES string of the molecule is CC(=O)c1ccc(-c2cc(Cl)c3c(c2)CC(CNC(=O)C=Cc2cccnn2)O3)s1. The van der Waals surface area contributed by atoms with Gasteiger partial charge in [-0.3, -0.25) is 9.59 Å². The van der Waals surface area contributed by atoms with Gasteiger partial charge in [0.05, 0.1) is 22.1 Å². The van der Waals surface area contributed by atoms with Crippen LogP contribution in [-0.2, 0) is 11.2 Å². The number of benzene rings is 1. The molecule has 4 rings (SSSR count). The summed E-state index contributed by atoms with van der Waals surface area (Å²) in [5, 5.41) is 11.0. The fourth-order valence-electron chi connectivity index (χ4n) is 3.16. The van der Waals surface area contributed by atoms with Crippen molar-refractivity contribution in [2.75, 3.05) is 6.54 Å². The number of hydrogen-bond donors (Lipinski definition) is 1. The zero-order chi connectivity index (χ0) is 21.1. The number of fused-ring (bicyclic) bond motifs is 1. The first-order chi connectivity index (χ1) is 14.5. The van der Waals surface area contributed by atoms with Gasteiger partial charge < -0.3 is 10.1 Å². The lowest BCUT2D eigenvalue weighted by Crippen LogP contribution is -2.33. The first-order valence-electron chi connectivity index (χ1n) is 9.33. The van der Waals surface area contributed by atoms with E-state index in [0.29, 0.717) is 34.3 Å². The fourth-order valence-corrected chi connectivity index (χ4v) is 4.33. The van der Waals surface area contributed by atoms with Gasteiger partial charge in [-0.2, -0.15) is 10.2 Å². The maximum absolute atomic E-state index is 12.1. The van der Waals surface area contributed by atoms with E-state index in [1.165, 1.54) is 17.4 Å². The highest BCUT2D eigenvalue weighted by atomic mass is 35.5. The predicted molar refractivity (Wildman–Crippen MR) is 117 cm³/mol. The zero-order valence-electron chi connectivity index (χ0n) is 16.1. The third-order valence-corrected chi connectivity index (χ3v) is 6.11. The Bertz CT molecular complexity index is 1130. The van der Waals surface area contributed by atoms with Crippen LogP contribution >= 0.6 is 22.9 Å². The van der Waals surface area contributed by atoms with Crippen LogP contribution in [0.25, 0.3) is 16.5 Å². The van der Waals surface area contributed by atoms with Gasteiger partial charge in [-0.25, -0.2) is 0 Å². The van der Waals surface area contributed by atoms with Gasteiger partial charge in [0.1, 0.15) is 11.9 Å². The van der Waals surface area contributed by atoms with Gasteiger partial charge in [0.25, 0.3) is 0 Å². The Balaban J connectivity index is 1.39. The number of carbonyl (C=O) groups is 2. The lowest BCUT2D eigenvalue weighted by atomic mass is 10.1. The van der Waals surface area contributed by atoms with Crippen molar-refractivity contribution in [1.29, 1.82) is 0 Å². The van der Waals surface area contributed by atoms with Crippen LogP contribution < -0.4 is 10.1 Å². The molecule has 0 radical (unpaired) electrons. The van der Waals surface area contributed by atoms with Crippen LogP contribution in [0.15, 0.2) is 48.7 Å². The number of nitrogens with one attached hydrogen (secondary N) is 1. The number of aromatic nitrogens is 2. The average Bonchev–Trinajstić information content (AvgIpc) is 3.39. The second kappa shape index (κ2) is 8.77. The van der Waals surface area contributed by atoms with Gasteiger partial charge in [0.15, 0.2) is 5.78 Å². The highest BCUT2D eigenvalue weighted by Gasteiger charge is 2.26. The Kier molecular flexibility index (Phi) is 5.92. The van der Waals surface area contributed by atoms with Crippen LogP contribution in [-0.4, -0.2) is 34.5 Å². The predicted octanol–water partition coefficient (Wildman–Crippen LogP) is 4.19. The summed E-state index contributed by atoms with van der Waals surface area (Å²) in [6, 6.07) is 11.2. The number of ketones is 1. The molecule has 1 aliphatic heterocycles. The monoisotopic (exact) mass is 439 g/mol. The fraction of sp³-hybridized carbons (Fsp3) is 0.182. The quantitative estimate of drug-likeness (QED) is 0.460. The molecule has 0 fully saturated rings. The van der Waals surface area contributed by atoms with E-state index < -0.39 is 0 Å². The molecule has 152 valence electrons. The lowest BCUT2D eigenvalue weighted by molar-refractivity contribution is -0.116. The minimum atomic E-state index is -0.234. The second-order valence-corrected chi connectivity index (χ2v) is 8.33. The Hall–Kier alpha value is -3.03. The number of ether oxygens (including phenoxy) is 1. The normalized spacial score (nSPS) is 15.1. The van der Waals surface area contributed by atoms with Crippen LogP contribution in [0.1, 0.15) is 27.9 Å². The number of nitrogens with zero attached hydrogens (tertiary/aromatic N) is 2. The van der Waals surface area contributed by atoms with Gasteiger partial charge >= 0.3 is 0 Å². The minimum Gasteiger partial charge on any atom is -0.486 e. The maximum atomic E-state index is 12.1. The summed E-state index contributed by atoms with van der Waals surface area (Å²) < 4.78 is 5.94. The third kappa shape index (κ3) is 4.58. The molecule has 1 amide bonds. The van der Waals surface area contributed by atoms with E-state index in [1.54, 1.807) is 31.3 Å². The first kappa shape index (κ1) is 20.3. The van der Waals surface area contributed by atoms with Crippen molar-refractivity contribution in [3.63, 3.8) is 0 Å². The Morgan fingerprint density at radius 3 is 2.93 bits per heavy atom. The summed E-state index contributed by atoms with van der Waals surface area (Å²) in [7, 11) is 0. The maximum Gasteiger partial charge on any atom is 0.244 e. The van der Waals surface area contributed by atoms with Crippen LogP contribution in [0.5, 0.6) is 5.75 Å². The molecule has 1 atom stereocenters. The van der Waals surface area contributed by atoms with Crippen LogP contribution in [0, 0.1) is 0 Å². The highest BCUT2D eigenvalue weighted by molar-refractivity contribution is 7.17. The van der Waals surface area contributed by atoms with Gasteiger partial charge in [-0.15, -0.1) is 11.3 Å². The van der Waals surface area contributed by atoms with Gasteiger partial charge in [0.2, 0.25) is 5.91 Å². The van der Waals surface area contributed by atoms with Crippen LogP contribution in [0.2, 0.25) is 5.02 Å². The smallest absolute Gasteiger partial charge is 0.244 e. The number of halogens is 1. The molecule has 0 spiro atoms. The van der Waals surface area contributed by atoms with Gasteiger partial charge in [0, 0.05) is 29.1 Å². The molecular formula is C22H18ClN3O3S. The molecule has 1 N–H and O–H groups in total. The minimum absolute atomic E-state index is 0.0472. The molecule has 1 aromatic carbocycles. The molecule has 0 saturated heterocycles. The summed E-state index contributed by atoms with van der Waals surface area (Å²) >= 11 is 7.88. The topological polar surface area (TPSA) is 81.2 Å². The van der Waals surface area contributed by atoms with Gasteiger partial charge in [-0.1, -0.05) is 11.6 Å². The largest absolute Gasteiger partial charge is 0.486 e. The average molecular weight is 440 g/mol. The van der Waals surface area contributed by atoms with Crippen molar-refractivity contribution in [3.8, 4) is 16.2 Å². The number of carbonyl (C=O) groups excluding carboxylic acids is 2. The Morgan fingerprint density at radius 2 is 2.20 bits per heavy atom. The van der Waals surface area contributed by atoms with E-state index in [2.05, 4.69) is 15.5 Å². The summed E-state index contributed by atoms with van der Waals surface area (Å²) in [6.07, 6.45) is 5.04. The third-order valence-electron chi connectivity index (χ3n) is 4.59.